The van der Waals surface area contributed by atoms with Crippen LogP contribution in [0.5, 0.6) is 11.5 Å². The molecule has 0 atom stereocenters. The van der Waals surface area contributed by atoms with E-state index in [9.17, 15) is 14.0 Å². The van der Waals surface area contributed by atoms with Crippen molar-refractivity contribution in [2.24, 2.45) is 0 Å². The van der Waals surface area contributed by atoms with Crippen molar-refractivity contribution in [3.05, 3.63) is 59.9 Å². The van der Waals surface area contributed by atoms with Crippen LogP contribution in [0.1, 0.15) is 12.5 Å². The quantitative estimate of drug-likeness (QED) is 0.510. The molecule has 0 saturated carbocycles. The number of nitrogens with one attached hydrogen (secondary N) is 1. The molecule has 1 N–H and O–H groups in total. The van der Waals surface area contributed by atoms with Crippen molar-refractivity contribution in [1.29, 1.82) is 0 Å². The maximum atomic E-state index is 13.4. The number of hydrogen-bond donors (Lipinski definition) is 1. The van der Waals surface area contributed by atoms with Gasteiger partial charge in [-0.1, -0.05) is 18.2 Å². The van der Waals surface area contributed by atoms with Gasteiger partial charge in [0.05, 0.1) is 19.6 Å². The van der Waals surface area contributed by atoms with Crippen LogP contribution in [0.2, 0.25) is 0 Å². The van der Waals surface area contributed by atoms with Gasteiger partial charge >= 0.3 is 5.97 Å². The lowest BCUT2D eigenvalue weighted by atomic mass is 10.1. The average Bonchev–Trinajstić information content (AvgIpc) is 2.67. The molecule has 0 radical (unpaired) electrons. The molecule has 0 aliphatic rings. The third-order valence-corrected chi connectivity index (χ3v) is 3.48. The Bertz CT molecular complexity index is 748. The minimum atomic E-state index is -0.666. The monoisotopic (exact) mass is 375 g/mol. The lowest BCUT2D eigenvalue weighted by Gasteiger charge is -2.09. The number of hydrogen-bond acceptors (Lipinski definition) is 5. The van der Waals surface area contributed by atoms with Gasteiger partial charge in [0, 0.05) is 0 Å². The summed E-state index contributed by atoms with van der Waals surface area (Å²) in [6, 6.07) is 13.1. The molecule has 0 spiro atoms. The number of benzene rings is 2. The normalized spacial score (nSPS) is 10.1. The number of ether oxygens (including phenoxy) is 3. The Balaban J connectivity index is 1.60. The van der Waals surface area contributed by atoms with Crippen LogP contribution < -0.4 is 14.8 Å². The third-order valence-electron chi connectivity index (χ3n) is 3.48. The fourth-order valence-electron chi connectivity index (χ4n) is 2.20. The van der Waals surface area contributed by atoms with Gasteiger partial charge < -0.3 is 19.5 Å². The highest BCUT2D eigenvalue weighted by atomic mass is 19.1. The van der Waals surface area contributed by atoms with Crippen LogP contribution in [0.4, 0.5) is 4.39 Å². The van der Waals surface area contributed by atoms with Gasteiger partial charge in [0.25, 0.3) is 5.91 Å². The van der Waals surface area contributed by atoms with Crippen LogP contribution in [0.3, 0.4) is 0 Å². The first-order valence-electron chi connectivity index (χ1n) is 8.60. The summed E-state index contributed by atoms with van der Waals surface area (Å²) in [6.45, 7) is 2.61. The molecule has 0 aliphatic heterocycles. The summed E-state index contributed by atoms with van der Waals surface area (Å²) in [4.78, 5) is 23.3. The van der Waals surface area contributed by atoms with E-state index in [4.69, 9.17) is 14.2 Å². The number of rotatable bonds is 10. The van der Waals surface area contributed by atoms with Gasteiger partial charge in [-0.2, -0.15) is 0 Å². The highest BCUT2D eigenvalue weighted by Gasteiger charge is 2.11. The van der Waals surface area contributed by atoms with Gasteiger partial charge in [0.2, 0.25) is 0 Å². The number of halogens is 1. The van der Waals surface area contributed by atoms with Crippen molar-refractivity contribution in [2.45, 2.75) is 13.3 Å². The van der Waals surface area contributed by atoms with Crippen LogP contribution in [0.25, 0.3) is 0 Å². The van der Waals surface area contributed by atoms with Crippen molar-refractivity contribution in [3.8, 4) is 11.5 Å². The van der Waals surface area contributed by atoms with Crippen LogP contribution in [-0.4, -0.2) is 38.2 Å². The third kappa shape index (κ3) is 7.35. The Morgan fingerprint density at radius 1 is 1.00 bits per heavy atom. The minimum Gasteiger partial charge on any atom is -0.494 e. The Morgan fingerprint density at radius 2 is 1.67 bits per heavy atom. The lowest BCUT2D eigenvalue weighted by Crippen LogP contribution is -2.32. The summed E-state index contributed by atoms with van der Waals surface area (Å²) >= 11 is 0. The first-order valence-corrected chi connectivity index (χ1v) is 8.60. The molecule has 6 nitrogen and oxygen atoms in total. The molecular weight excluding hydrogens is 353 g/mol. The Morgan fingerprint density at radius 3 is 2.33 bits per heavy atom. The predicted octanol–water partition coefficient (Wildman–Crippen LogP) is 2.51. The van der Waals surface area contributed by atoms with Gasteiger partial charge in [-0.3, -0.25) is 9.59 Å². The number of amides is 1. The molecule has 7 heteroatoms. The molecule has 2 aromatic rings. The summed E-state index contributed by atoms with van der Waals surface area (Å²) in [5, 5.41) is 2.58. The van der Waals surface area contributed by atoms with Gasteiger partial charge in [-0.05, 0) is 42.8 Å². The number of esters is 1. The highest BCUT2D eigenvalue weighted by Crippen LogP contribution is 2.17. The summed E-state index contributed by atoms with van der Waals surface area (Å²) < 4.78 is 29.1. The SMILES string of the molecule is CCOc1ccc(OCCNC(=O)COC(=O)Cc2ccccc2F)cc1. The number of carbonyl (C=O) groups is 2. The maximum absolute atomic E-state index is 13.4. The van der Waals surface area contributed by atoms with Gasteiger partial charge in [-0.25, -0.2) is 4.39 Å². The second-order valence-corrected chi connectivity index (χ2v) is 5.53. The fraction of sp³-hybridized carbons (Fsp3) is 0.300. The van der Waals surface area contributed by atoms with Crippen LogP contribution in [0.15, 0.2) is 48.5 Å². The van der Waals surface area contributed by atoms with E-state index in [-0.39, 0.29) is 25.1 Å². The number of carbonyl (C=O) groups excluding carboxylic acids is 2. The fourth-order valence-corrected chi connectivity index (χ4v) is 2.20. The van der Waals surface area contributed by atoms with E-state index in [1.54, 1.807) is 30.3 Å². The standard InChI is InChI=1S/C20H22FNO5/c1-2-25-16-7-9-17(10-8-16)26-12-11-22-19(23)14-27-20(24)13-15-5-3-4-6-18(15)21/h3-10H,2,11-14H2,1H3,(H,22,23). The molecule has 27 heavy (non-hydrogen) atoms. The Kier molecular flexibility index (Phi) is 8.09. The van der Waals surface area contributed by atoms with Crippen LogP contribution >= 0.6 is 0 Å². The van der Waals surface area contributed by atoms with E-state index in [0.29, 0.717) is 12.4 Å². The first-order chi connectivity index (χ1) is 13.1. The molecule has 0 unspecified atom stereocenters. The van der Waals surface area contributed by atoms with Gasteiger partial charge in [0.1, 0.15) is 23.9 Å². The summed E-state index contributed by atoms with van der Waals surface area (Å²) in [5.41, 5.74) is 0.228. The molecule has 0 aliphatic carbocycles. The van der Waals surface area contributed by atoms with Crippen molar-refractivity contribution < 1.29 is 28.2 Å². The summed E-state index contributed by atoms with van der Waals surface area (Å²) in [5.74, 6) is -0.183. The Labute approximate surface area is 157 Å². The largest absolute Gasteiger partial charge is 0.494 e. The molecule has 0 bridgehead atoms. The first kappa shape index (κ1) is 20.2. The zero-order valence-corrected chi connectivity index (χ0v) is 15.1. The molecule has 0 fully saturated rings. The smallest absolute Gasteiger partial charge is 0.310 e. The van der Waals surface area contributed by atoms with E-state index in [1.807, 2.05) is 6.92 Å². The van der Waals surface area contributed by atoms with Crippen molar-refractivity contribution in [1.82, 2.24) is 5.32 Å². The van der Waals surface area contributed by atoms with Gasteiger partial charge in [0.15, 0.2) is 6.61 Å². The van der Waals surface area contributed by atoms with E-state index in [0.717, 1.165) is 5.75 Å². The van der Waals surface area contributed by atoms with Crippen LogP contribution in [0, 0.1) is 5.82 Å². The highest BCUT2D eigenvalue weighted by molar-refractivity contribution is 5.81. The minimum absolute atomic E-state index is 0.221. The second-order valence-electron chi connectivity index (χ2n) is 5.53. The van der Waals surface area contributed by atoms with Crippen LogP contribution in [-0.2, 0) is 20.7 Å². The van der Waals surface area contributed by atoms with Gasteiger partial charge in [-0.15, -0.1) is 0 Å². The molecule has 144 valence electrons. The molecule has 2 aromatic carbocycles. The Hall–Kier alpha value is -3.09. The van der Waals surface area contributed by atoms with Crippen molar-refractivity contribution >= 4 is 11.9 Å². The molecule has 1 amide bonds. The van der Waals surface area contributed by atoms with Crippen molar-refractivity contribution in [2.75, 3.05) is 26.4 Å². The predicted molar refractivity (Wildman–Crippen MR) is 97.2 cm³/mol. The lowest BCUT2D eigenvalue weighted by molar-refractivity contribution is -0.147. The van der Waals surface area contributed by atoms with E-state index in [2.05, 4.69) is 5.32 Å². The molecule has 0 heterocycles. The summed E-state index contributed by atoms with van der Waals surface area (Å²) in [6.07, 6.45) is -0.221. The second kappa shape index (κ2) is 10.8. The van der Waals surface area contributed by atoms with Crippen molar-refractivity contribution in [3.63, 3.8) is 0 Å². The van der Waals surface area contributed by atoms with E-state index < -0.39 is 24.3 Å². The molecular formula is C20H22FNO5. The molecule has 2 rings (SSSR count). The molecule has 0 aromatic heterocycles. The zero-order valence-electron chi connectivity index (χ0n) is 15.1. The average molecular weight is 375 g/mol. The van der Waals surface area contributed by atoms with E-state index in [1.165, 1.54) is 18.2 Å². The zero-order chi connectivity index (χ0) is 19.5. The molecule has 0 saturated heterocycles. The maximum Gasteiger partial charge on any atom is 0.310 e. The van der Waals surface area contributed by atoms with E-state index >= 15 is 0 Å². The topological polar surface area (TPSA) is 73.9 Å². The summed E-state index contributed by atoms with van der Waals surface area (Å²) in [7, 11) is 0.